The van der Waals surface area contributed by atoms with Crippen LogP contribution in [0.2, 0.25) is 0 Å². The summed E-state index contributed by atoms with van der Waals surface area (Å²) in [7, 11) is -3.15. The van der Waals surface area contributed by atoms with E-state index in [1.807, 2.05) is 52.3 Å². The normalized spacial score (nSPS) is 14.8. The standard InChI is InChI=1S/C17H32NO4P/c1-9-21-17(19)12-16(8)22-23(20,11-10-13(2)3)18(14(4)5)15(6)7/h10,12,14-15H,9,11H2,1-8H3/b16-12+. The van der Waals surface area contributed by atoms with Crippen LogP contribution in [0, 0.1) is 0 Å². The van der Waals surface area contributed by atoms with E-state index in [2.05, 4.69) is 0 Å². The minimum Gasteiger partial charge on any atom is -0.463 e. The minimum absolute atomic E-state index is 0.0572. The van der Waals surface area contributed by atoms with Gasteiger partial charge < -0.3 is 9.26 Å². The van der Waals surface area contributed by atoms with Crippen molar-refractivity contribution in [2.75, 3.05) is 12.8 Å². The molecule has 0 amide bonds. The number of carbonyl (C=O) groups excluding carboxylic acids is 1. The third-order valence-electron chi connectivity index (χ3n) is 3.03. The zero-order valence-electron chi connectivity index (χ0n) is 15.8. The minimum atomic E-state index is -3.15. The highest BCUT2D eigenvalue weighted by Gasteiger charge is 2.36. The van der Waals surface area contributed by atoms with E-state index in [-0.39, 0.29) is 12.1 Å². The van der Waals surface area contributed by atoms with Gasteiger partial charge in [-0.2, -0.15) is 0 Å². The Morgan fingerprint density at radius 1 is 1.13 bits per heavy atom. The van der Waals surface area contributed by atoms with Crippen LogP contribution in [0.5, 0.6) is 0 Å². The Morgan fingerprint density at radius 3 is 2.04 bits per heavy atom. The van der Waals surface area contributed by atoms with Crippen LogP contribution in [0.15, 0.2) is 23.5 Å². The number of carbonyl (C=O) groups is 1. The lowest BCUT2D eigenvalue weighted by Crippen LogP contribution is -2.35. The van der Waals surface area contributed by atoms with Crippen LogP contribution in [0.3, 0.4) is 0 Å². The molecule has 6 heteroatoms. The fourth-order valence-corrected chi connectivity index (χ4v) is 5.24. The number of rotatable bonds is 9. The number of nitrogens with zero attached hydrogens (tertiary/aromatic N) is 1. The lowest BCUT2D eigenvalue weighted by atomic mass is 10.3. The van der Waals surface area contributed by atoms with Gasteiger partial charge in [-0.15, -0.1) is 0 Å². The van der Waals surface area contributed by atoms with Gasteiger partial charge in [0, 0.05) is 12.1 Å². The van der Waals surface area contributed by atoms with E-state index in [1.165, 1.54) is 6.08 Å². The number of esters is 1. The first-order valence-corrected chi connectivity index (χ1v) is 9.85. The average Bonchev–Trinajstić information content (AvgIpc) is 2.35. The Kier molecular flexibility index (Phi) is 9.48. The molecule has 0 aliphatic carbocycles. The summed E-state index contributed by atoms with van der Waals surface area (Å²) in [6.45, 7) is 15.5. The summed E-state index contributed by atoms with van der Waals surface area (Å²) in [5.41, 5.74) is 1.08. The summed E-state index contributed by atoms with van der Waals surface area (Å²) in [5.74, 6) is -0.181. The van der Waals surface area contributed by atoms with Gasteiger partial charge in [0.1, 0.15) is 5.76 Å². The van der Waals surface area contributed by atoms with Crippen molar-refractivity contribution in [1.29, 1.82) is 0 Å². The molecule has 0 fully saturated rings. The number of allylic oxidation sites excluding steroid dienone is 3. The van der Waals surface area contributed by atoms with Crippen LogP contribution in [0.4, 0.5) is 0 Å². The average molecular weight is 345 g/mol. The zero-order chi connectivity index (χ0) is 18.2. The van der Waals surface area contributed by atoms with Crippen molar-refractivity contribution in [3.8, 4) is 0 Å². The molecule has 0 aromatic heterocycles. The van der Waals surface area contributed by atoms with Crippen LogP contribution in [-0.2, 0) is 18.6 Å². The highest BCUT2D eigenvalue weighted by molar-refractivity contribution is 7.56. The maximum atomic E-state index is 13.5. The number of hydrogen-bond acceptors (Lipinski definition) is 4. The Hall–Kier alpha value is -1.06. The molecule has 0 radical (unpaired) electrons. The number of ether oxygens (including phenoxy) is 1. The molecule has 0 aliphatic rings. The van der Waals surface area contributed by atoms with Crippen molar-refractivity contribution in [1.82, 2.24) is 4.67 Å². The molecule has 0 spiro atoms. The van der Waals surface area contributed by atoms with Gasteiger partial charge in [-0.1, -0.05) is 11.6 Å². The van der Waals surface area contributed by atoms with Gasteiger partial charge in [0.05, 0.1) is 18.8 Å². The van der Waals surface area contributed by atoms with Crippen molar-refractivity contribution in [2.45, 2.75) is 67.5 Å². The molecule has 134 valence electrons. The van der Waals surface area contributed by atoms with E-state index in [9.17, 15) is 9.36 Å². The van der Waals surface area contributed by atoms with Gasteiger partial charge in [0.2, 0.25) is 0 Å². The van der Waals surface area contributed by atoms with Crippen molar-refractivity contribution in [2.24, 2.45) is 0 Å². The Bertz CT molecular complexity index is 483. The van der Waals surface area contributed by atoms with E-state index in [0.29, 0.717) is 18.5 Å². The predicted molar refractivity (Wildman–Crippen MR) is 95.5 cm³/mol. The highest BCUT2D eigenvalue weighted by atomic mass is 31.2. The van der Waals surface area contributed by atoms with E-state index in [0.717, 1.165) is 5.57 Å². The molecule has 1 unspecified atom stereocenters. The summed E-state index contributed by atoms with van der Waals surface area (Å²) in [4.78, 5) is 11.5. The molecule has 0 rings (SSSR count). The molecule has 1 atom stereocenters. The predicted octanol–water partition coefficient (Wildman–Crippen LogP) is 4.75. The molecule has 23 heavy (non-hydrogen) atoms. The monoisotopic (exact) mass is 345 g/mol. The molecule has 0 aromatic carbocycles. The van der Waals surface area contributed by atoms with Gasteiger partial charge >= 0.3 is 13.5 Å². The molecule has 0 saturated carbocycles. The molecule has 5 nitrogen and oxygen atoms in total. The summed E-state index contributed by atoms with van der Waals surface area (Å²) in [6, 6.07) is 0.114. The van der Waals surface area contributed by atoms with E-state index in [1.54, 1.807) is 13.8 Å². The fourth-order valence-electron chi connectivity index (χ4n) is 2.38. The Morgan fingerprint density at radius 2 is 1.65 bits per heavy atom. The smallest absolute Gasteiger partial charge is 0.334 e. The maximum Gasteiger partial charge on any atom is 0.334 e. The van der Waals surface area contributed by atoms with E-state index in [4.69, 9.17) is 9.26 Å². The quantitative estimate of drug-likeness (QED) is 0.198. The summed E-state index contributed by atoms with van der Waals surface area (Å²) in [6.07, 6.45) is 3.47. The number of hydrogen-bond donors (Lipinski definition) is 0. The Balaban J connectivity index is 5.56. The summed E-state index contributed by atoms with van der Waals surface area (Å²) >= 11 is 0. The van der Waals surface area contributed by atoms with Crippen molar-refractivity contribution >= 4 is 13.5 Å². The topological polar surface area (TPSA) is 55.8 Å². The first-order valence-electron chi connectivity index (χ1n) is 8.09. The fraction of sp³-hybridized carbons (Fsp3) is 0.706. The second-order valence-electron chi connectivity index (χ2n) is 6.27. The van der Waals surface area contributed by atoms with Crippen LogP contribution in [0.25, 0.3) is 0 Å². The van der Waals surface area contributed by atoms with Crippen LogP contribution < -0.4 is 0 Å². The van der Waals surface area contributed by atoms with Gasteiger partial charge in [-0.3, -0.25) is 4.57 Å². The molecule has 0 saturated heterocycles. The van der Waals surface area contributed by atoms with Gasteiger partial charge in [0.25, 0.3) is 0 Å². The molecule has 0 aliphatic heterocycles. The molecule has 0 bridgehead atoms. The van der Waals surface area contributed by atoms with Crippen LogP contribution in [0.1, 0.15) is 55.4 Å². The lowest BCUT2D eigenvalue weighted by molar-refractivity contribution is -0.137. The van der Waals surface area contributed by atoms with E-state index >= 15 is 0 Å². The second kappa shape index (κ2) is 9.94. The molecule has 0 aromatic rings. The third kappa shape index (κ3) is 7.85. The summed E-state index contributed by atoms with van der Waals surface area (Å²) < 4.78 is 26.1. The van der Waals surface area contributed by atoms with Gasteiger partial charge in [-0.05, 0) is 55.4 Å². The second-order valence-corrected chi connectivity index (χ2v) is 8.55. The summed E-state index contributed by atoms with van der Waals surface area (Å²) in [5, 5.41) is 0. The van der Waals surface area contributed by atoms with Crippen molar-refractivity contribution < 1.29 is 18.6 Å². The molecular weight excluding hydrogens is 313 g/mol. The largest absolute Gasteiger partial charge is 0.463 e. The van der Waals surface area contributed by atoms with Crippen molar-refractivity contribution in [3.63, 3.8) is 0 Å². The lowest BCUT2D eigenvalue weighted by Gasteiger charge is -2.37. The Labute approximate surface area is 141 Å². The van der Waals surface area contributed by atoms with Crippen molar-refractivity contribution in [3.05, 3.63) is 23.5 Å². The first kappa shape index (κ1) is 21.9. The van der Waals surface area contributed by atoms with E-state index < -0.39 is 13.5 Å². The molecule has 0 N–H and O–H groups in total. The van der Waals surface area contributed by atoms with Crippen LogP contribution in [-0.4, -0.2) is 35.5 Å². The highest BCUT2D eigenvalue weighted by Crippen LogP contribution is 2.55. The molecule has 0 heterocycles. The SMILES string of the molecule is CCOC(=O)/C=C(\C)OP(=O)(CC=C(C)C)N(C(C)C)C(C)C. The van der Waals surface area contributed by atoms with Gasteiger partial charge in [-0.25, -0.2) is 9.46 Å². The van der Waals surface area contributed by atoms with Gasteiger partial charge in [0.15, 0.2) is 0 Å². The maximum absolute atomic E-state index is 13.5. The first-order chi connectivity index (χ1) is 10.5. The zero-order valence-corrected chi connectivity index (χ0v) is 16.6. The third-order valence-corrected chi connectivity index (χ3v) is 5.88. The molecular formula is C17H32NO4P. The van der Waals surface area contributed by atoms with Crippen LogP contribution >= 0.6 is 7.52 Å².